The van der Waals surface area contributed by atoms with Crippen molar-refractivity contribution >= 4 is 35.0 Å². The lowest BCUT2D eigenvalue weighted by Gasteiger charge is -2.15. The molecule has 0 bridgehead atoms. The number of halogens is 1. The number of para-hydroxylation sites is 1. The van der Waals surface area contributed by atoms with E-state index in [1.807, 2.05) is 97.3 Å². The number of amides is 1. The van der Waals surface area contributed by atoms with Gasteiger partial charge in [0.15, 0.2) is 11.0 Å². The first-order valence-corrected chi connectivity index (χ1v) is 11.6. The first kappa shape index (κ1) is 22.1. The third-order valence-corrected chi connectivity index (χ3v) is 6.39. The van der Waals surface area contributed by atoms with E-state index in [0.717, 1.165) is 28.2 Å². The molecule has 0 fully saturated rings. The van der Waals surface area contributed by atoms with E-state index in [4.69, 9.17) is 11.6 Å². The van der Waals surface area contributed by atoms with Crippen LogP contribution in [-0.4, -0.2) is 25.9 Å². The SMILES string of the molecule is CCn1c(SC(C)C(=O)Nc2ccccc2-c2ccccc2)nnc1-c1ccc(Cl)cc1. The van der Waals surface area contributed by atoms with E-state index in [9.17, 15) is 4.79 Å². The molecule has 1 amide bonds. The van der Waals surface area contributed by atoms with Gasteiger partial charge in [-0.25, -0.2) is 0 Å². The monoisotopic (exact) mass is 462 g/mol. The van der Waals surface area contributed by atoms with Gasteiger partial charge in [-0.2, -0.15) is 0 Å². The summed E-state index contributed by atoms with van der Waals surface area (Å²) in [4.78, 5) is 13.0. The fourth-order valence-electron chi connectivity index (χ4n) is 3.38. The zero-order valence-corrected chi connectivity index (χ0v) is 19.4. The summed E-state index contributed by atoms with van der Waals surface area (Å²) in [6, 6.07) is 25.3. The van der Waals surface area contributed by atoms with Crippen molar-refractivity contribution in [1.82, 2.24) is 14.8 Å². The van der Waals surface area contributed by atoms with Crippen molar-refractivity contribution in [2.45, 2.75) is 30.8 Å². The Bertz CT molecular complexity index is 1210. The molecular formula is C25H23ClN4OS. The third kappa shape index (κ3) is 4.87. The summed E-state index contributed by atoms with van der Waals surface area (Å²) in [6.07, 6.45) is 0. The van der Waals surface area contributed by atoms with Crippen LogP contribution in [0.4, 0.5) is 5.69 Å². The van der Waals surface area contributed by atoms with Crippen molar-refractivity contribution in [3.63, 3.8) is 0 Å². The largest absolute Gasteiger partial charge is 0.325 e. The number of nitrogens with one attached hydrogen (secondary N) is 1. The molecule has 4 aromatic rings. The molecule has 1 atom stereocenters. The highest BCUT2D eigenvalue weighted by atomic mass is 35.5. The van der Waals surface area contributed by atoms with Crippen molar-refractivity contribution in [3.8, 4) is 22.5 Å². The van der Waals surface area contributed by atoms with Crippen molar-refractivity contribution < 1.29 is 4.79 Å². The van der Waals surface area contributed by atoms with E-state index in [1.54, 1.807) is 0 Å². The van der Waals surface area contributed by atoms with Crippen LogP contribution in [0.5, 0.6) is 0 Å². The molecule has 162 valence electrons. The molecule has 0 aliphatic carbocycles. The Balaban J connectivity index is 1.51. The Labute approximate surface area is 196 Å². The summed E-state index contributed by atoms with van der Waals surface area (Å²) in [5, 5.41) is 12.8. The van der Waals surface area contributed by atoms with Crippen LogP contribution in [0.3, 0.4) is 0 Å². The topological polar surface area (TPSA) is 59.8 Å². The summed E-state index contributed by atoms with van der Waals surface area (Å²) >= 11 is 7.40. The number of hydrogen-bond donors (Lipinski definition) is 1. The summed E-state index contributed by atoms with van der Waals surface area (Å²) in [7, 11) is 0. The quantitative estimate of drug-likeness (QED) is 0.322. The standard InChI is InChI=1S/C25H23ClN4OS/c1-3-30-23(19-13-15-20(26)16-14-19)28-29-25(30)32-17(2)24(31)27-22-12-8-7-11-21(22)18-9-5-4-6-10-18/h4-17H,3H2,1-2H3,(H,27,31). The number of hydrogen-bond acceptors (Lipinski definition) is 4. The number of carbonyl (C=O) groups is 1. The minimum absolute atomic E-state index is 0.0860. The van der Waals surface area contributed by atoms with Crippen LogP contribution in [0.15, 0.2) is 84.0 Å². The van der Waals surface area contributed by atoms with Crippen LogP contribution in [0, 0.1) is 0 Å². The maximum atomic E-state index is 13.0. The molecule has 4 rings (SSSR count). The van der Waals surface area contributed by atoms with Crippen molar-refractivity contribution in [3.05, 3.63) is 83.9 Å². The lowest BCUT2D eigenvalue weighted by atomic mass is 10.0. The van der Waals surface area contributed by atoms with E-state index in [2.05, 4.69) is 15.5 Å². The second kappa shape index (κ2) is 10.0. The van der Waals surface area contributed by atoms with E-state index >= 15 is 0 Å². The Morgan fingerprint density at radius 2 is 1.66 bits per heavy atom. The maximum Gasteiger partial charge on any atom is 0.237 e. The molecule has 0 aliphatic heterocycles. The number of anilines is 1. The van der Waals surface area contributed by atoms with Gasteiger partial charge in [-0.1, -0.05) is 71.9 Å². The van der Waals surface area contributed by atoms with Gasteiger partial charge in [0.1, 0.15) is 0 Å². The van der Waals surface area contributed by atoms with Crippen LogP contribution in [0.2, 0.25) is 5.02 Å². The van der Waals surface area contributed by atoms with Crippen LogP contribution in [0.25, 0.3) is 22.5 Å². The predicted octanol–water partition coefficient (Wildman–Crippen LogP) is 6.40. The van der Waals surface area contributed by atoms with Crippen LogP contribution in [-0.2, 0) is 11.3 Å². The third-order valence-electron chi connectivity index (χ3n) is 5.06. The van der Waals surface area contributed by atoms with Gasteiger partial charge in [0.2, 0.25) is 5.91 Å². The Morgan fingerprint density at radius 3 is 2.38 bits per heavy atom. The molecule has 0 spiro atoms. The van der Waals surface area contributed by atoms with Crippen molar-refractivity contribution in [2.75, 3.05) is 5.32 Å². The molecule has 1 heterocycles. The van der Waals surface area contributed by atoms with Gasteiger partial charge in [0.05, 0.1) is 5.25 Å². The molecule has 7 heteroatoms. The summed E-state index contributed by atoms with van der Waals surface area (Å²) in [5.74, 6) is 0.672. The predicted molar refractivity (Wildman–Crippen MR) is 132 cm³/mol. The van der Waals surface area contributed by atoms with Crippen LogP contribution >= 0.6 is 23.4 Å². The van der Waals surface area contributed by atoms with Gasteiger partial charge in [0, 0.05) is 28.4 Å². The summed E-state index contributed by atoms with van der Waals surface area (Å²) < 4.78 is 2.01. The average Bonchev–Trinajstić information content (AvgIpc) is 3.22. The first-order valence-electron chi connectivity index (χ1n) is 10.4. The van der Waals surface area contributed by atoms with Gasteiger partial charge in [-0.15, -0.1) is 10.2 Å². The molecule has 0 radical (unpaired) electrons. The molecule has 32 heavy (non-hydrogen) atoms. The van der Waals surface area contributed by atoms with E-state index in [-0.39, 0.29) is 11.2 Å². The second-order valence-corrected chi connectivity index (χ2v) is 8.96. The highest BCUT2D eigenvalue weighted by molar-refractivity contribution is 8.00. The van der Waals surface area contributed by atoms with Gasteiger partial charge >= 0.3 is 0 Å². The maximum absolute atomic E-state index is 13.0. The molecule has 1 N–H and O–H groups in total. The Kier molecular flexibility index (Phi) is 6.93. The fourth-order valence-corrected chi connectivity index (χ4v) is 4.42. The molecule has 1 unspecified atom stereocenters. The van der Waals surface area contributed by atoms with Gasteiger partial charge in [0.25, 0.3) is 0 Å². The number of rotatable bonds is 7. The van der Waals surface area contributed by atoms with Gasteiger partial charge in [-0.3, -0.25) is 4.79 Å². The number of benzene rings is 3. The molecule has 5 nitrogen and oxygen atoms in total. The highest BCUT2D eigenvalue weighted by Crippen LogP contribution is 2.30. The number of carbonyl (C=O) groups excluding carboxylic acids is 1. The zero-order chi connectivity index (χ0) is 22.5. The molecule has 3 aromatic carbocycles. The minimum Gasteiger partial charge on any atom is -0.325 e. The molecule has 0 saturated carbocycles. The minimum atomic E-state index is -0.355. The highest BCUT2D eigenvalue weighted by Gasteiger charge is 2.21. The summed E-state index contributed by atoms with van der Waals surface area (Å²) in [5.41, 5.74) is 3.77. The average molecular weight is 463 g/mol. The van der Waals surface area contributed by atoms with Crippen molar-refractivity contribution in [2.24, 2.45) is 0 Å². The van der Waals surface area contributed by atoms with Gasteiger partial charge < -0.3 is 9.88 Å². The van der Waals surface area contributed by atoms with Gasteiger partial charge in [-0.05, 0) is 49.7 Å². The summed E-state index contributed by atoms with van der Waals surface area (Å²) in [6.45, 7) is 4.61. The first-order chi connectivity index (χ1) is 15.6. The Hall–Kier alpha value is -3.09. The normalized spacial score (nSPS) is 11.8. The molecule has 0 aliphatic rings. The van der Waals surface area contributed by atoms with E-state index in [0.29, 0.717) is 16.7 Å². The van der Waals surface area contributed by atoms with E-state index < -0.39 is 0 Å². The number of aromatic nitrogens is 3. The lowest BCUT2D eigenvalue weighted by Crippen LogP contribution is -2.23. The van der Waals surface area contributed by atoms with E-state index in [1.165, 1.54) is 11.8 Å². The second-order valence-electron chi connectivity index (χ2n) is 7.22. The molecule has 0 saturated heterocycles. The van der Waals surface area contributed by atoms with Crippen LogP contribution < -0.4 is 5.32 Å². The Morgan fingerprint density at radius 1 is 0.969 bits per heavy atom. The molecule has 1 aromatic heterocycles. The smallest absolute Gasteiger partial charge is 0.237 e. The fraction of sp³-hybridized carbons (Fsp3) is 0.160. The molecular weight excluding hydrogens is 440 g/mol. The zero-order valence-electron chi connectivity index (χ0n) is 17.8. The lowest BCUT2D eigenvalue weighted by molar-refractivity contribution is -0.115. The number of nitrogens with zero attached hydrogens (tertiary/aromatic N) is 3. The van der Waals surface area contributed by atoms with Crippen molar-refractivity contribution in [1.29, 1.82) is 0 Å². The van der Waals surface area contributed by atoms with Crippen LogP contribution in [0.1, 0.15) is 13.8 Å². The number of thioether (sulfide) groups is 1.